The first kappa shape index (κ1) is 13.0. The lowest BCUT2D eigenvalue weighted by molar-refractivity contribution is 0.927. The normalized spacial score (nSPS) is 10.5. The van der Waals surface area contributed by atoms with E-state index in [0.29, 0.717) is 16.9 Å². The van der Waals surface area contributed by atoms with E-state index >= 15 is 0 Å². The van der Waals surface area contributed by atoms with Gasteiger partial charge < -0.3 is 14.9 Å². The summed E-state index contributed by atoms with van der Waals surface area (Å²) in [5.74, 6) is 0. The number of pyridine rings is 1. The van der Waals surface area contributed by atoms with E-state index in [1.54, 1.807) is 6.07 Å². The number of nitrogens with two attached hydrogens (primary N) is 1. The zero-order chi connectivity index (χ0) is 15.0. The summed E-state index contributed by atoms with van der Waals surface area (Å²) in [4.78, 5) is 4.64. The maximum Gasteiger partial charge on any atom is 0.104 e. The third-order valence-electron chi connectivity index (χ3n) is 3.39. The molecule has 3 heterocycles. The summed E-state index contributed by atoms with van der Waals surface area (Å²) >= 11 is 0. The van der Waals surface area contributed by atoms with Crippen LogP contribution >= 0.6 is 0 Å². The predicted octanol–water partition coefficient (Wildman–Crippen LogP) is 2.55. The van der Waals surface area contributed by atoms with Gasteiger partial charge in [0.05, 0.1) is 17.1 Å². The molecule has 21 heavy (non-hydrogen) atoms. The molecule has 3 aromatic rings. The Balaban J connectivity index is 2.22. The predicted molar refractivity (Wildman–Crippen MR) is 82.2 cm³/mol. The Morgan fingerprint density at radius 1 is 1.10 bits per heavy atom. The zero-order valence-corrected chi connectivity index (χ0v) is 11.9. The molecule has 5 nitrogen and oxygen atoms in total. The lowest BCUT2D eigenvalue weighted by atomic mass is 10.1. The Labute approximate surface area is 122 Å². The maximum absolute atomic E-state index is 9.35. The minimum absolute atomic E-state index is 0.417. The van der Waals surface area contributed by atoms with Gasteiger partial charge in [-0.25, -0.2) is 4.98 Å². The summed E-state index contributed by atoms with van der Waals surface area (Å²) in [6.07, 6.45) is 7.77. The lowest BCUT2D eigenvalue weighted by Gasteiger charge is -2.07. The molecular weight excluding hydrogens is 262 g/mol. The molecule has 0 aliphatic heterocycles. The smallest absolute Gasteiger partial charge is 0.104 e. The Morgan fingerprint density at radius 2 is 1.71 bits per heavy atom. The fourth-order valence-electron chi connectivity index (χ4n) is 2.34. The van der Waals surface area contributed by atoms with E-state index in [1.165, 1.54) is 0 Å². The Bertz CT molecular complexity index is 848. The molecule has 2 N–H and O–H groups in total. The number of aromatic nitrogens is 3. The van der Waals surface area contributed by atoms with Gasteiger partial charge in [-0.1, -0.05) is 0 Å². The van der Waals surface area contributed by atoms with Gasteiger partial charge in [-0.15, -0.1) is 0 Å². The van der Waals surface area contributed by atoms with E-state index in [0.717, 1.165) is 16.8 Å². The quantitative estimate of drug-likeness (QED) is 0.782. The Hall–Kier alpha value is -3.00. The van der Waals surface area contributed by atoms with Crippen LogP contribution in [0.4, 0.5) is 5.69 Å². The largest absolute Gasteiger partial charge is 0.398 e. The monoisotopic (exact) mass is 277 g/mol. The first-order valence-electron chi connectivity index (χ1n) is 6.54. The molecule has 0 aliphatic rings. The van der Waals surface area contributed by atoms with Crippen LogP contribution in [0, 0.1) is 11.3 Å². The van der Waals surface area contributed by atoms with Gasteiger partial charge in [0.1, 0.15) is 11.6 Å². The first-order chi connectivity index (χ1) is 10.1. The van der Waals surface area contributed by atoms with E-state index in [9.17, 15) is 5.26 Å². The second-order valence-electron chi connectivity index (χ2n) is 5.06. The first-order valence-corrected chi connectivity index (χ1v) is 6.54. The molecule has 0 unspecified atom stereocenters. The zero-order valence-electron chi connectivity index (χ0n) is 11.9. The van der Waals surface area contributed by atoms with Gasteiger partial charge in [0.25, 0.3) is 0 Å². The molecule has 0 saturated heterocycles. The second-order valence-corrected chi connectivity index (χ2v) is 5.06. The van der Waals surface area contributed by atoms with Crippen LogP contribution in [-0.4, -0.2) is 14.1 Å². The highest BCUT2D eigenvalue weighted by molar-refractivity contribution is 5.78. The third-order valence-corrected chi connectivity index (χ3v) is 3.39. The highest BCUT2D eigenvalue weighted by Crippen LogP contribution is 2.30. The van der Waals surface area contributed by atoms with Gasteiger partial charge in [-0.3, -0.25) is 0 Å². The number of rotatable bonds is 2. The van der Waals surface area contributed by atoms with Crippen molar-refractivity contribution < 1.29 is 0 Å². The molecule has 104 valence electrons. The van der Waals surface area contributed by atoms with Crippen LogP contribution in [0.25, 0.3) is 22.5 Å². The third kappa shape index (κ3) is 2.28. The van der Waals surface area contributed by atoms with Crippen molar-refractivity contribution in [1.29, 1.82) is 5.26 Å². The molecule has 0 bridgehead atoms. The van der Waals surface area contributed by atoms with Crippen molar-refractivity contribution >= 4 is 5.69 Å². The van der Waals surface area contributed by atoms with Gasteiger partial charge in [0, 0.05) is 50.0 Å². The molecule has 0 fully saturated rings. The fourth-order valence-corrected chi connectivity index (χ4v) is 2.34. The van der Waals surface area contributed by atoms with E-state index in [-0.39, 0.29) is 0 Å². The van der Waals surface area contributed by atoms with Crippen molar-refractivity contribution in [3.8, 4) is 28.6 Å². The Morgan fingerprint density at radius 3 is 2.24 bits per heavy atom. The maximum atomic E-state index is 9.35. The van der Waals surface area contributed by atoms with E-state index < -0.39 is 0 Å². The van der Waals surface area contributed by atoms with Gasteiger partial charge in [-0.2, -0.15) is 5.26 Å². The average Bonchev–Trinajstić information content (AvgIpc) is 3.06. The second kappa shape index (κ2) is 4.84. The highest BCUT2D eigenvalue weighted by Gasteiger charge is 2.14. The molecule has 0 aromatic carbocycles. The number of aryl methyl sites for hydroxylation is 2. The van der Waals surface area contributed by atoms with Crippen molar-refractivity contribution in [1.82, 2.24) is 14.1 Å². The Kier molecular flexibility index (Phi) is 2.99. The molecule has 5 heteroatoms. The molecule has 0 radical (unpaired) electrons. The van der Waals surface area contributed by atoms with Crippen molar-refractivity contribution in [3.63, 3.8) is 0 Å². The summed E-state index contributed by atoms with van der Waals surface area (Å²) in [5, 5.41) is 9.35. The topological polar surface area (TPSA) is 72.6 Å². The molecule has 0 spiro atoms. The standard InChI is InChI=1S/C16H15N5/c1-20-5-3-11(9-20)15-7-14(18)13(8-17)16(19-15)12-4-6-21(2)10-12/h3-7,9-10H,1-2H3,(H2,18,19). The highest BCUT2D eigenvalue weighted by atomic mass is 14.9. The van der Waals surface area contributed by atoms with Crippen molar-refractivity contribution in [2.24, 2.45) is 14.1 Å². The molecular formula is C16H15N5. The van der Waals surface area contributed by atoms with Crippen LogP contribution in [0.2, 0.25) is 0 Å². The van der Waals surface area contributed by atoms with E-state index in [1.807, 2.05) is 60.1 Å². The molecule has 3 aromatic heterocycles. The van der Waals surface area contributed by atoms with Gasteiger partial charge in [0.2, 0.25) is 0 Å². The van der Waals surface area contributed by atoms with Crippen molar-refractivity contribution in [2.45, 2.75) is 0 Å². The van der Waals surface area contributed by atoms with Crippen LogP contribution in [0.5, 0.6) is 0 Å². The number of nitriles is 1. The van der Waals surface area contributed by atoms with Crippen LogP contribution in [0.15, 0.2) is 43.0 Å². The van der Waals surface area contributed by atoms with Gasteiger partial charge in [0.15, 0.2) is 0 Å². The number of nitrogen functional groups attached to an aromatic ring is 1. The van der Waals surface area contributed by atoms with Crippen LogP contribution in [-0.2, 0) is 14.1 Å². The molecule has 0 saturated carbocycles. The molecule has 3 rings (SSSR count). The minimum atomic E-state index is 0.417. The van der Waals surface area contributed by atoms with E-state index in [4.69, 9.17) is 5.73 Å². The number of hydrogen-bond donors (Lipinski definition) is 1. The summed E-state index contributed by atoms with van der Waals surface area (Å²) < 4.78 is 3.87. The summed E-state index contributed by atoms with van der Waals surface area (Å²) in [6, 6.07) is 7.81. The fraction of sp³-hybridized carbons (Fsp3) is 0.125. The number of anilines is 1. The SMILES string of the molecule is Cn1ccc(-c2cc(N)c(C#N)c(-c3ccn(C)c3)n2)c1. The number of nitrogens with zero attached hydrogens (tertiary/aromatic N) is 4. The lowest BCUT2D eigenvalue weighted by Crippen LogP contribution is -1.98. The van der Waals surface area contributed by atoms with Crippen LogP contribution in [0.1, 0.15) is 5.56 Å². The van der Waals surface area contributed by atoms with Gasteiger partial charge in [-0.05, 0) is 18.2 Å². The average molecular weight is 277 g/mol. The molecule has 0 amide bonds. The van der Waals surface area contributed by atoms with Crippen molar-refractivity contribution in [3.05, 3.63) is 48.5 Å². The van der Waals surface area contributed by atoms with E-state index in [2.05, 4.69) is 11.1 Å². The van der Waals surface area contributed by atoms with Crippen LogP contribution in [0.3, 0.4) is 0 Å². The summed E-state index contributed by atoms with van der Waals surface area (Å²) in [6.45, 7) is 0. The van der Waals surface area contributed by atoms with Crippen LogP contribution < -0.4 is 5.73 Å². The van der Waals surface area contributed by atoms with Gasteiger partial charge >= 0.3 is 0 Å². The summed E-state index contributed by atoms with van der Waals surface area (Å²) in [5.41, 5.74) is 10.2. The number of hydrogen-bond acceptors (Lipinski definition) is 3. The van der Waals surface area contributed by atoms with Crippen molar-refractivity contribution in [2.75, 3.05) is 5.73 Å². The minimum Gasteiger partial charge on any atom is -0.398 e. The summed E-state index contributed by atoms with van der Waals surface area (Å²) in [7, 11) is 3.88. The molecule has 0 aliphatic carbocycles. The molecule has 0 atom stereocenters.